The second-order valence-corrected chi connectivity index (χ2v) is 6.53. The molecule has 0 bridgehead atoms. The minimum atomic E-state index is -0.566. The molecule has 1 unspecified atom stereocenters. The Hall–Kier alpha value is -1.43. The Morgan fingerprint density at radius 2 is 2.14 bits per heavy atom. The number of benzene rings is 1. The summed E-state index contributed by atoms with van der Waals surface area (Å²) < 4.78 is 6.27. The molecule has 0 aliphatic heterocycles. The van der Waals surface area contributed by atoms with Gasteiger partial charge in [0.2, 0.25) is 0 Å². The summed E-state index contributed by atoms with van der Waals surface area (Å²) in [6.07, 6.45) is 0.455. The molecule has 1 aromatic carbocycles. The van der Waals surface area contributed by atoms with Crippen LogP contribution in [0, 0.1) is 6.92 Å². The molecule has 1 amide bonds. The first-order valence-electron chi connectivity index (χ1n) is 6.91. The van der Waals surface area contributed by atoms with Crippen molar-refractivity contribution in [3.8, 4) is 0 Å². The Morgan fingerprint density at radius 3 is 2.76 bits per heavy atom. The maximum Gasteiger partial charge on any atom is 0.262 e. The zero-order valence-electron chi connectivity index (χ0n) is 12.6. The highest BCUT2D eigenvalue weighted by atomic mass is 32.1. The molecule has 0 saturated carbocycles. The largest absolute Gasteiger partial charge is 0.396 e. The zero-order valence-corrected chi connectivity index (χ0v) is 13.4. The van der Waals surface area contributed by atoms with Gasteiger partial charge in [0, 0.05) is 18.4 Å². The van der Waals surface area contributed by atoms with E-state index in [2.05, 4.69) is 5.32 Å². The smallest absolute Gasteiger partial charge is 0.262 e. The van der Waals surface area contributed by atoms with Crippen molar-refractivity contribution >= 4 is 27.3 Å². The summed E-state index contributed by atoms with van der Waals surface area (Å²) >= 11 is 1.49. The summed E-state index contributed by atoms with van der Waals surface area (Å²) in [5, 5.41) is 13.3. The Bertz CT molecular complexity index is 629. The number of aryl methyl sites for hydroxylation is 1. The fourth-order valence-corrected chi connectivity index (χ4v) is 3.56. The molecule has 0 saturated heterocycles. The summed E-state index contributed by atoms with van der Waals surface area (Å²) in [7, 11) is 1.59. The summed E-state index contributed by atoms with van der Waals surface area (Å²) in [6, 6.07) is 8.00. The number of carbonyl (C=O) groups excluding carboxylic acids is 1. The van der Waals surface area contributed by atoms with Crippen molar-refractivity contribution in [2.45, 2.75) is 25.8 Å². The molecule has 2 rings (SSSR count). The van der Waals surface area contributed by atoms with Gasteiger partial charge in [-0.1, -0.05) is 18.2 Å². The lowest BCUT2D eigenvalue weighted by Crippen LogP contribution is -2.50. The third kappa shape index (κ3) is 3.43. The minimum absolute atomic E-state index is 0.00549. The van der Waals surface area contributed by atoms with Crippen molar-refractivity contribution in [2.75, 3.05) is 20.3 Å². The van der Waals surface area contributed by atoms with E-state index in [0.717, 1.165) is 20.5 Å². The van der Waals surface area contributed by atoms with E-state index in [0.29, 0.717) is 13.0 Å². The Kier molecular flexibility index (Phi) is 4.98. The van der Waals surface area contributed by atoms with Crippen LogP contribution in [0.3, 0.4) is 0 Å². The lowest BCUT2D eigenvalue weighted by molar-refractivity contribution is 0.0728. The topological polar surface area (TPSA) is 58.6 Å². The van der Waals surface area contributed by atoms with E-state index in [-0.39, 0.29) is 12.5 Å². The van der Waals surface area contributed by atoms with Crippen LogP contribution in [0.2, 0.25) is 0 Å². The highest BCUT2D eigenvalue weighted by Gasteiger charge is 2.28. The van der Waals surface area contributed by atoms with Gasteiger partial charge in [-0.15, -0.1) is 11.3 Å². The van der Waals surface area contributed by atoms with Gasteiger partial charge in [0.05, 0.1) is 17.0 Å². The van der Waals surface area contributed by atoms with E-state index in [9.17, 15) is 9.90 Å². The van der Waals surface area contributed by atoms with E-state index < -0.39 is 5.54 Å². The van der Waals surface area contributed by atoms with Crippen LogP contribution in [-0.2, 0) is 4.74 Å². The molecule has 5 heteroatoms. The van der Waals surface area contributed by atoms with Crippen LogP contribution in [0.1, 0.15) is 28.6 Å². The highest BCUT2D eigenvalue weighted by molar-refractivity contribution is 7.21. The number of aliphatic hydroxyl groups excluding tert-OH is 1. The number of ether oxygens (including phenoxy) is 1. The molecule has 1 atom stereocenters. The number of methoxy groups -OCH3 is 1. The van der Waals surface area contributed by atoms with E-state index in [1.807, 2.05) is 38.1 Å². The predicted octanol–water partition coefficient (Wildman–Crippen LogP) is 2.73. The predicted molar refractivity (Wildman–Crippen MR) is 86.0 cm³/mol. The second-order valence-electron chi connectivity index (χ2n) is 5.47. The number of thiophene rings is 1. The van der Waals surface area contributed by atoms with Gasteiger partial charge in [-0.05, 0) is 37.3 Å². The lowest BCUT2D eigenvalue weighted by atomic mass is 9.99. The molecule has 0 spiro atoms. The van der Waals surface area contributed by atoms with E-state index in [1.54, 1.807) is 7.11 Å². The van der Waals surface area contributed by atoms with E-state index in [4.69, 9.17) is 4.74 Å². The molecule has 21 heavy (non-hydrogen) atoms. The van der Waals surface area contributed by atoms with Crippen molar-refractivity contribution < 1.29 is 14.6 Å². The zero-order chi connectivity index (χ0) is 15.5. The average Bonchev–Trinajstić information content (AvgIpc) is 2.77. The van der Waals surface area contributed by atoms with Gasteiger partial charge in [-0.3, -0.25) is 4.79 Å². The van der Waals surface area contributed by atoms with Crippen LogP contribution in [0.25, 0.3) is 10.1 Å². The third-order valence-electron chi connectivity index (χ3n) is 3.59. The first kappa shape index (κ1) is 15.9. The number of amides is 1. The van der Waals surface area contributed by atoms with Gasteiger partial charge in [-0.25, -0.2) is 0 Å². The molecule has 0 aliphatic carbocycles. The first-order valence-corrected chi connectivity index (χ1v) is 7.73. The number of rotatable bonds is 6. The summed E-state index contributed by atoms with van der Waals surface area (Å²) in [6.45, 7) is 4.22. The third-order valence-corrected chi connectivity index (χ3v) is 4.86. The molecule has 0 radical (unpaired) electrons. The molecule has 0 fully saturated rings. The van der Waals surface area contributed by atoms with Crippen molar-refractivity contribution in [1.29, 1.82) is 0 Å². The van der Waals surface area contributed by atoms with Crippen LogP contribution in [0.15, 0.2) is 24.3 Å². The maximum absolute atomic E-state index is 12.6. The molecular formula is C16H21NO3S. The molecule has 0 aliphatic rings. The number of fused-ring (bicyclic) bond motifs is 1. The molecular weight excluding hydrogens is 286 g/mol. The van der Waals surface area contributed by atoms with Crippen LogP contribution in [0.5, 0.6) is 0 Å². The molecule has 1 heterocycles. The number of carbonyl (C=O) groups is 1. The van der Waals surface area contributed by atoms with Gasteiger partial charge < -0.3 is 15.2 Å². The maximum atomic E-state index is 12.6. The average molecular weight is 307 g/mol. The lowest BCUT2D eigenvalue weighted by Gasteiger charge is -2.29. The fourth-order valence-electron chi connectivity index (χ4n) is 2.46. The van der Waals surface area contributed by atoms with Gasteiger partial charge >= 0.3 is 0 Å². The second kappa shape index (κ2) is 6.56. The van der Waals surface area contributed by atoms with Crippen LogP contribution >= 0.6 is 11.3 Å². The molecule has 2 N–H and O–H groups in total. The van der Waals surface area contributed by atoms with Crippen LogP contribution in [0.4, 0.5) is 0 Å². The quantitative estimate of drug-likeness (QED) is 0.862. The summed E-state index contributed by atoms with van der Waals surface area (Å²) in [5.74, 6) is -0.110. The minimum Gasteiger partial charge on any atom is -0.396 e. The van der Waals surface area contributed by atoms with Crippen molar-refractivity contribution in [3.63, 3.8) is 0 Å². The Morgan fingerprint density at radius 1 is 1.43 bits per heavy atom. The molecule has 4 nitrogen and oxygen atoms in total. The van der Waals surface area contributed by atoms with Gasteiger partial charge in [0.15, 0.2) is 0 Å². The van der Waals surface area contributed by atoms with Crippen LogP contribution in [-0.4, -0.2) is 36.9 Å². The molecule has 114 valence electrons. The van der Waals surface area contributed by atoms with Crippen molar-refractivity contribution in [1.82, 2.24) is 5.32 Å². The van der Waals surface area contributed by atoms with E-state index >= 15 is 0 Å². The van der Waals surface area contributed by atoms with Crippen LogP contribution < -0.4 is 5.32 Å². The van der Waals surface area contributed by atoms with Gasteiger partial charge in [0.25, 0.3) is 5.91 Å². The van der Waals surface area contributed by atoms with Gasteiger partial charge in [-0.2, -0.15) is 0 Å². The Balaban J connectivity index is 2.27. The number of nitrogens with one attached hydrogen (secondary N) is 1. The molecule has 2 aromatic rings. The fraction of sp³-hybridized carbons (Fsp3) is 0.438. The number of hydrogen-bond acceptors (Lipinski definition) is 4. The van der Waals surface area contributed by atoms with Crippen molar-refractivity contribution in [2.24, 2.45) is 0 Å². The molecule has 1 aromatic heterocycles. The normalized spacial score (nSPS) is 14.1. The Labute approximate surface area is 128 Å². The van der Waals surface area contributed by atoms with Crippen molar-refractivity contribution in [3.05, 3.63) is 34.7 Å². The first-order chi connectivity index (χ1) is 10.0. The monoisotopic (exact) mass is 307 g/mol. The summed E-state index contributed by atoms with van der Waals surface area (Å²) in [4.78, 5) is 13.3. The number of hydrogen-bond donors (Lipinski definition) is 2. The summed E-state index contributed by atoms with van der Waals surface area (Å²) in [5.41, 5.74) is 0.431. The highest BCUT2D eigenvalue weighted by Crippen LogP contribution is 2.30. The van der Waals surface area contributed by atoms with E-state index in [1.165, 1.54) is 11.3 Å². The number of aliphatic hydroxyl groups is 1. The van der Waals surface area contributed by atoms with Gasteiger partial charge in [0.1, 0.15) is 0 Å². The standard InChI is InChI=1S/C16H21NO3S/c1-11-12-6-4-5-7-13(12)21-14(11)15(19)17-16(2,8-9-18)10-20-3/h4-7,18H,8-10H2,1-3H3,(H,17,19). The SMILES string of the molecule is COCC(C)(CCO)NC(=O)c1sc2ccccc2c1C.